The average Bonchev–Trinajstić information content (AvgIpc) is 3.22. The summed E-state index contributed by atoms with van der Waals surface area (Å²) in [7, 11) is 0. The van der Waals surface area contributed by atoms with Gasteiger partial charge in [0.05, 0.1) is 12.8 Å². The third-order valence-electron chi connectivity index (χ3n) is 4.68. The van der Waals surface area contributed by atoms with E-state index in [1.165, 1.54) is 24.2 Å². The van der Waals surface area contributed by atoms with Crippen LogP contribution in [0, 0.1) is 0 Å². The molecular formula is C19H25N5O6. The minimum atomic E-state index is -1.41. The maximum atomic E-state index is 12.9. The Hall–Kier alpha value is -3.50. The molecule has 0 saturated carbocycles. The van der Waals surface area contributed by atoms with Crippen LogP contribution in [-0.4, -0.2) is 69.3 Å². The molecule has 1 aromatic rings. The van der Waals surface area contributed by atoms with Gasteiger partial charge in [-0.2, -0.15) is 0 Å². The summed E-state index contributed by atoms with van der Waals surface area (Å²) in [5.74, 6) is -4.21. The lowest BCUT2D eigenvalue weighted by Crippen LogP contribution is -2.55. The molecule has 0 aliphatic carbocycles. The lowest BCUT2D eigenvalue weighted by Gasteiger charge is -2.28. The molecule has 162 valence electrons. The summed E-state index contributed by atoms with van der Waals surface area (Å²) in [6.45, 7) is 1.62. The zero-order valence-corrected chi connectivity index (χ0v) is 16.5. The number of pyridine rings is 1. The number of nitrogens with one attached hydrogen (secondary N) is 2. The third-order valence-corrected chi connectivity index (χ3v) is 4.68. The molecule has 5 N–H and O–H groups in total. The first-order valence-electron chi connectivity index (χ1n) is 9.88. The molecule has 0 radical (unpaired) electrons. The monoisotopic (exact) mass is 420 g/mol. The molecule has 2 heterocycles. The van der Waals surface area contributed by atoms with Gasteiger partial charge < -0.3 is 26.4 Å². The Bertz CT molecular complexity index is 851. The van der Waals surface area contributed by atoms with Crippen molar-refractivity contribution in [1.29, 1.82) is 0 Å². The molecule has 0 bridgehead atoms. The SMILES string of the molecule is [2H]N(C(=O)Cc1ccncc1)[C@@H](C)C(=O)N1CCC[C@H]1C(=O)N[C@@H](CC(=O)O)C(N)=O. The molecule has 3 atom stereocenters. The van der Waals surface area contributed by atoms with Crippen LogP contribution in [-0.2, 0) is 30.4 Å². The normalized spacial score (nSPS) is 18.1. The first-order valence-corrected chi connectivity index (χ1v) is 9.43. The number of amides is 4. The summed E-state index contributed by atoms with van der Waals surface area (Å²) in [5, 5.41) is 11.7. The Labute approximate surface area is 174 Å². The number of nitrogens with zero attached hydrogens (tertiary/aromatic N) is 2. The van der Waals surface area contributed by atoms with Gasteiger partial charge in [0.1, 0.15) is 18.1 Å². The first-order chi connectivity index (χ1) is 14.6. The zero-order valence-electron chi connectivity index (χ0n) is 17.5. The van der Waals surface area contributed by atoms with Crippen LogP contribution in [0.25, 0.3) is 0 Å². The van der Waals surface area contributed by atoms with Gasteiger partial charge in [-0.3, -0.25) is 29.0 Å². The molecule has 0 spiro atoms. The molecule has 11 heteroatoms. The second kappa shape index (κ2) is 10.3. The van der Waals surface area contributed by atoms with Crippen molar-refractivity contribution in [3.63, 3.8) is 0 Å². The predicted octanol–water partition coefficient (Wildman–Crippen LogP) is -1.44. The fourth-order valence-electron chi connectivity index (χ4n) is 3.20. The van der Waals surface area contributed by atoms with Gasteiger partial charge in [0.25, 0.3) is 0 Å². The van der Waals surface area contributed by atoms with Crippen LogP contribution in [0.2, 0.25) is 1.41 Å². The molecule has 1 saturated heterocycles. The van der Waals surface area contributed by atoms with E-state index in [9.17, 15) is 24.0 Å². The molecule has 0 aromatic carbocycles. The van der Waals surface area contributed by atoms with E-state index in [0.717, 1.165) is 0 Å². The highest BCUT2D eigenvalue weighted by atomic mass is 16.4. The fraction of sp³-hybridized carbons (Fsp3) is 0.474. The Kier molecular flexibility index (Phi) is 7.30. The Morgan fingerprint density at radius 3 is 2.60 bits per heavy atom. The number of primary amides is 1. The molecule has 1 fully saturated rings. The predicted molar refractivity (Wildman–Crippen MR) is 104 cm³/mol. The van der Waals surface area contributed by atoms with E-state index in [2.05, 4.69) is 10.3 Å². The van der Waals surface area contributed by atoms with Crippen molar-refractivity contribution in [2.24, 2.45) is 5.73 Å². The molecule has 1 aliphatic rings. The number of carbonyl (C=O) groups is 5. The van der Waals surface area contributed by atoms with E-state index < -0.39 is 54.1 Å². The maximum absolute atomic E-state index is 12.9. The number of aromatic nitrogens is 1. The van der Waals surface area contributed by atoms with Crippen LogP contribution in [0.4, 0.5) is 0 Å². The molecule has 1 aliphatic heterocycles. The highest BCUT2D eigenvalue weighted by Gasteiger charge is 2.37. The number of likely N-dealkylation sites (tertiary alicyclic amines) is 1. The van der Waals surface area contributed by atoms with E-state index in [4.69, 9.17) is 12.3 Å². The van der Waals surface area contributed by atoms with Gasteiger partial charge in [-0.1, -0.05) is 0 Å². The van der Waals surface area contributed by atoms with Gasteiger partial charge in [-0.15, -0.1) is 0 Å². The Balaban J connectivity index is 2.03. The van der Waals surface area contributed by atoms with Gasteiger partial charge >= 0.3 is 5.97 Å². The molecule has 1 aromatic heterocycles. The van der Waals surface area contributed by atoms with Crippen molar-refractivity contribution >= 4 is 29.6 Å². The van der Waals surface area contributed by atoms with Crippen molar-refractivity contribution in [2.75, 3.05) is 6.54 Å². The number of hydrogen-bond acceptors (Lipinski definition) is 6. The number of nitrogens with two attached hydrogens (primary N) is 1. The number of carbonyl (C=O) groups excluding carboxylic acids is 4. The van der Waals surface area contributed by atoms with Gasteiger partial charge in [-0.25, -0.2) is 0 Å². The second-order valence-electron chi connectivity index (χ2n) is 6.98. The smallest absolute Gasteiger partial charge is 0.305 e. The highest BCUT2D eigenvalue weighted by Crippen LogP contribution is 2.19. The second-order valence-corrected chi connectivity index (χ2v) is 6.98. The van der Waals surface area contributed by atoms with Gasteiger partial charge in [0.15, 0.2) is 1.41 Å². The van der Waals surface area contributed by atoms with E-state index >= 15 is 0 Å². The van der Waals surface area contributed by atoms with Crippen molar-refractivity contribution in [3.8, 4) is 0 Å². The summed E-state index contributed by atoms with van der Waals surface area (Å²) < 4.78 is 8.04. The van der Waals surface area contributed by atoms with Crippen molar-refractivity contribution in [2.45, 2.75) is 50.7 Å². The van der Waals surface area contributed by atoms with Crippen LogP contribution >= 0.6 is 0 Å². The maximum Gasteiger partial charge on any atom is 0.305 e. The van der Waals surface area contributed by atoms with Gasteiger partial charge in [-0.05, 0) is 37.5 Å². The van der Waals surface area contributed by atoms with Crippen LogP contribution in [0.5, 0.6) is 0 Å². The van der Waals surface area contributed by atoms with Crippen molar-refractivity contribution < 1.29 is 30.5 Å². The number of aliphatic carboxylic acids is 1. The molecule has 11 nitrogen and oxygen atoms in total. The quantitative estimate of drug-likeness (QED) is 0.379. The van der Waals surface area contributed by atoms with E-state index in [1.807, 2.05) is 0 Å². The van der Waals surface area contributed by atoms with Crippen LogP contribution in [0.15, 0.2) is 24.5 Å². The highest BCUT2D eigenvalue weighted by molar-refractivity contribution is 5.95. The number of carboxylic acids is 1. The van der Waals surface area contributed by atoms with Crippen molar-refractivity contribution in [3.05, 3.63) is 30.1 Å². The van der Waals surface area contributed by atoms with E-state index in [0.29, 0.717) is 23.7 Å². The van der Waals surface area contributed by atoms with E-state index in [1.54, 1.807) is 12.1 Å². The first kappa shape index (κ1) is 21.2. The van der Waals surface area contributed by atoms with Crippen molar-refractivity contribution in [1.82, 2.24) is 20.5 Å². The fourth-order valence-corrected chi connectivity index (χ4v) is 3.20. The van der Waals surface area contributed by atoms with E-state index in [-0.39, 0.29) is 13.0 Å². The summed E-state index contributed by atoms with van der Waals surface area (Å²) in [5.41, 5.74) is 5.79. The average molecular weight is 420 g/mol. The molecule has 2 rings (SSSR count). The zero-order chi connectivity index (χ0) is 23.1. The van der Waals surface area contributed by atoms with Crippen LogP contribution in [0.1, 0.15) is 31.7 Å². The number of hydrogen-bond donors (Lipinski definition) is 4. The summed E-state index contributed by atoms with van der Waals surface area (Å²) in [6, 6.07) is -0.242. The molecular weight excluding hydrogens is 394 g/mol. The summed E-state index contributed by atoms with van der Waals surface area (Å²) >= 11 is 0. The largest absolute Gasteiger partial charge is 0.481 e. The molecule has 30 heavy (non-hydrogen) atoms. The Morgan fingerprint density at radius 2 is 2.00 bits per heavy atom. The molecule has 4 amide bonds. The van der Waals surface area contributed by atoms with Gasteiger partial charge in [0.2, 0.25) is 23.6 Å². The van der Waals surface area contributed by atoms with Crippen LogP contribution in [0.3, 0.4) is 0 Å². The van der Waals surface area contributed by atoms with Gasteiger partial charge in [0, 0.05) is 18.9 Å². The Morgan fingerprint density at radius 1 is 1.33 bits per heavy atom. The summed E-state index contributed by atoms with van der Waals surface area (Å²) in [6.07, 6.45) is 3.07. The minimum Gasteiger partial charge on any atom is -0.481 e. The number of rotatable bonds is 9. The third kappa shape index (κ3) is 6.26. The lowest BCUT2D eigenvalue weighted by atomic mass is 10.1. The standard InChI is InChI=1S/C19H25N5O6/c1-11(22-15(25)9-12-4-6-21-7-5-12)19(30)24-8-2-3-14(24)18(29)23-13(17(20)28)10-16(26)27/h4-7,11,13-14H,2-3,8-10H2,1H3,(H2,20,28)(H,22,25)(H,23,29)(H,26,27)/t11-,13-,14-/m0/s1/i/hD. The number of carboxylic acid groups (broad SMARTS) is 1. The topological polar surface area (TPSA) is 172 Å². The minimum absolute atomic E-state index is 0.0803. The summed E-state index contributed by atoms with van der Waals surface area (Å²) in [4.78, 5) is 65.2. The van der Waals surface area contributed by atoms with Crippen LogP contribution < -0.4 is 16.4 Å². The molecule has 0 unspecified atom stereocenters. The lowest BCUT2D eigenvalue weighted by molar-refractivity contribution is -0.143.